The summed E-state index contributed by atoms with van der Waals surface area (Å²) in [6.07, 6.45) is 3.25. The van der Waals surface area contributed by atoms with Crippen LogP contribution in [0.2, 0.25) is 0 Å². The van der Waals surface area contributed by atoms with Crippen LogP contribution in [-0.2, 0) is 11.4 Å². The molecule has 0 spiro atoms. The van der Waals surface area contributed by atoms with E-state index in [9.17, 15) is 4.79 Å². The van der Waals surface area contributed by atoms with Crippen molar-refractivity contribution in [2.24, 2.45) is 0 Å². The van der Waals surface area contributed by atoms with Crippen LogP contribution in [0.4, 0.5) is 5.69 Å². The molecule has 5 heteroatoms. The molecule has 0 aromatic heterocycles. The Labute approximate surface area is 169 Å². The smallest absolute Gasteiger partial charge is 0.248 e. The van der Waals surface area contributed by atoms with Gasteiger partial charge in [0, 0.05) is 17.8 Å². The Bertz CT molecular complexity index is 997. The maximum absolute atomic E-state index is 12.2. The van der Waals surface area contributed by atoms with Gasteiger partial charge in [-0.2, -0.15) is 0 Å². The van der Waals surface area contributed by atoms with E-state index < -0.39 is 0 Å². The number of amides is 1. The quantitative estimate of drug-likeness (QED) is 0.624. The van der Waals surface area contributed by atoms with E-state index >= 15 is 0 Å². The highest BCUT2D eigenvalue weighted by Gasteiger charge is 2.12. The van der Waals surface area contributed by atoms with Crippen molar-refractivity contribution in [2.45, 2.75) is 6.61 Å². The van der Waals surface area contributed by atoms with Gasteiger partial charge in [-0.1, -0.05) is 42.5 Å². The molecule has 5 nitrogen and oxygen atoms in total. The predicted octanol–water partition coefficient (Wildman–Crippen LogP) is 4.69. The Balaban J connectivity index is 1.31. The highest BCUT2D eigenvalue weighted by molar-refractivity contribution is 6.02. The molecule has 3 aromatic carbocycles. The second-order valence-electron chi connectivity index (χ2n) is 6.52. The standard InChI is InChI=1S/C24H21NO4/c26-24(25-20-9-12-22-23(16-20)28-15-14-27-22)13-8-18-6-10-21(11-7-18)29-17-19-4-2-1-3-5-19/h1-13,16H,14-15,17H2,(H,25,26)/b13-8+. The summed E-state index contributed by atoms with van der Waals surface area (Å²) >= 11 is 0. The molecule has 1 aliphatic heterocycles. The van der Waals surface area contributed by atoms with Crippen LogP contribution in [0, 0.1) is 0 Å². The van der Waals surface area contributed by atoms with E-state index in [1.54, 1.807) is 24.3 Å². The van der Waals surface area contributed by atoms with E-state index in [1.165, 1.54) is 6.08 Å². The largest absolute Gasteiger partial charge is 0.489 e. The number of fused-ring (bicyclic) bond motifs is 1. The maximum atomic E-state index is 12.2. The lowest BCUT2D eigenvalue weighted by atomic mass is 10.2. The molecule has 0 bridgehead atoms. The zero-order chi connectivity index (χ0) is 19.9. The van der Waals surface area contributed by atoms with E-state index in [2.05, 4.69) is 5.32 Å². The number of benzene rings is 3. The third kappa shape index (κ3) is 5.17. The van der Waals surface area contributed by atoms with Crippen LogP contribution in [0.1, 0.15) is 11.1 Å². The van der Waals surface area contributed by atoms with Crippen molar-refractivity contribution in [2.75, 3.05) is 18.5 Å². The Kier molecular flexibility index (Phi) is 5.76. The van der Waals surface area contributed by atoms with Crippen LogP contribution in [0.5, 0.6) is 17.2 Å². The van der Waals surface area contributed by atoms with Gasteiger partial charge in [0.05, 0.1) is 0 Å². The lowest BCUT2D eigenvalue weighted by Gasteiger charge is -2.18. The molecule has 1 amide bonds. The van der Waals surface area contributed by atoms with Gasteiger partial charge in [0.2, 0.25) is 5.91 Å². The van der Waals surface area contributed by atoms with Crippen LogP contribution in [0.15, 0.2) is 78.9 Å². The third-order valence-corrected chi connectivity index (χ3v) is 4.37. The summed E-state index contributed by atoms with van der Waals surface area (Å²) in [6, 6.07) is 23.0. The van der Waals surface area contributed by atoms with Crippen molar-refractivity contribution in [3.63, 3.8) is 0 Å². The summed E-state index contributed by atoms with van der Waals surface area (Å²) in [7, 11) is 0. The first kappa shape index (κ1) is 18.6. The molecular formula is C24H21NO4. The lowest BCUT2D eigenvalue weighted by molar-refractivity contribution is -0.111. The number of anilines is 1. The molecule has 4 rings (SSSR count). The van der Waals surface area contributed by atoms with Crippen molar-refractivity contribution < 1.29 is 19.0 Å². The molecule has 1 N–H and O–H groups in total. The van der Waals surface area contributed by atoms with Gasteiger partial charge in [0.25, 0.3) is 0 Å². The second-order valence-corrected chi connectivity index (χ2v) is 6.52. The molecule has 29 heavy (non-hydrogen) atoms. The fourth-order valence-corrected chi connectivity index (χ4v) is 2.89. The predicted molar refractivity (Wildman–Crippen MR) is 112 cm³/mol. The molecule has 0 unspecified atom stereocenters. The molecule has 3 aromatic rings. The Hall–Kier alpha value is -3.73. The minimum absolute atomic E-state index is 0.217. The van der Waals surface area contributed by atoms with Crippen LogP contribution in [0.25, 0.3) is 6.08 Å². The number of rotatable bonds is 6. The minimum Gasteiger partial charge on any atom is -0.489 e. The summed E-state index contributed by atoms with van der Waals surface area (Å²) in [4.78, 5) is 12.2. The third-order valence-electron chi connectivity index (χ3n) is 4.37. The number of hydrogen-bond acceptors (Lipinski definition) is 4. The SMILES string of the molecule is O=C(/C=C/c1ccc(OCc2ccccc2)cc1)Nc1ccc2c(c1)OCCO2. The Morgan fingerprint density at radius 3 is 2.48 bits per heavy atom. The molecular weight excluding hydrogens is 366 g/mol. The average molecular weight is 387 g/mol. The lowest BCUT2D eigenvalue weighted by Crippen LogP contribution is -2.16. The molecule has 0 saturated heterocycles. The summed E-state index contributed by atoms with van der Waals surface area (Å²) in [5.74, 6) is 1.90. The number of ether oxygens (including phenoxy) is 3. The van der Waals surface area contributed by atoms with Crippen LogP contribution in [-0.4, -0.2) is 19.1 Å². The van der Waals surface area contributed by atoms with Gasteiger partial charge in [0.1, 0.15) is 25.6 Å². The summed E-state index contributed by atoms with van der Waals surface area (Å²) < 4.78 is 16.8. The van der Waals surface area contributed by atoms with Gasteiger partial charge in [0.15, 0.2) is 11.5 Å². The van der Waals surface area contributed by atoms with Crippen molar-refractivity contribution in [3.8, 4) is 17.2 Å². The fraction of sp³-hybridized carbons (Fsp3) is 0.125. The molecule has 146 valence electrons. The summed E-state index contributed by atoms with van der Waals surface area (Å²) in [6.45, 7) is 1.57. The van der Waals surface area contributed by atoms with E-state index in [0.29, 0.717) is 37.0 Å². The van der Waals surface area contributed by atoms with Crippen LogP contribution in [0.3, 0.4) is 0 Å². The molecule has 0 atom stereocenters. The van der Waals surface area contributed by atoms with Gasteiger partial charge in [-0.3, -0.25) is 4.79 Å². The van der Waals surface area contributed by atoms with Gasteiger partial charge >= 0.3 is 0 Å². The van der Waals surface area contributed by atoms with E-state index in [4.69, 9.17) is 14.2 Å². The molecule has 0 aliphatic carbocycles. The zero-order valence-electron chi connectivity index (χ0n) is 15.8. The van der Waals surface area contributed by atoms with E-state index in [-0.39, 0.29) is 5.91 Å². The number of nitrogens with one attached hydrogen (secondary N) is 1. The van der Waals surface area contributed by atoms with Crippen molar-refractivity contribution in [1.82, 2.24) is 0 Å². The first-order valence-electron chi connectivity index (χ1n) is 9.42. The second kappa shape index (κ2) is 8.97. The van der Waals surface area contributed by atoms with Crippen molar-refractivity contribution in [1.29, 1.82) is 0 Å². The first-order valence-corrected chi connectivity index (χ1v) is 9.42. The molecule has 1 heterocycles. The normalized spacial score (nSPS) is 12.6. The molecule has 0 fully saturated rings. The van der Waals surface area contributed by atoms with Gasteiger partial charge in [-0.05, 0) is 41.5 Å². The maximum Gasteiger partial charge on any atom is 0.248 e. The minimum atomic E-state index is -0.217. The first-order chi connectivity index (χ1) is 14.3. The van der Waals surface area contributed by atoms with E-state index in [1.807, 2.05) is 54.6 Å². The number of hydrogen-bond donors (Lipinski definition) is 1. The zero-order valence-corrected chi connectivity index (χ0v) is 15.8. The topological polar surface area (TPSA) is 56.8 Å². The summed E-state index contributed by atoms with van der Waals surface area (Å²) in [5, 5.41) is 2.83. The Morgan fingerprint density at radius 2 is 1.69 bits per heavy atom. The van der Waals surface area contributed by atoms with Crippen LogP contribution < -0.4 is 19.5 Å². The monoisotopic (exact) mass is 387 g/mol. The molecule has 0 saturated carbocycles. The van der Waals surface area contributed by atoms with Gasteiger partial charge < -0.3 is 19.5 Å². The number of carbonyl (C=O) groups is 1. The highest BCUT2D eigenvalue weighted by atomic mass is 16.6. The number of carbonyl (C=O) groups excluding carboxylic acids is 1. The molecule has 1 aliphatic rings. The van der Waals surface area contributed by atoms with E-state index in [0.717, 1.165) is 16.9 Å². The average Bonchev–Trinajstić information content (AvgIpc) is 2.77. The van der Waals surface area contributed by atoms with Gasteiger partial charge in [-0.15, -0.1) is 0 Å². The van der Waals surface area contributed by atoms with Gasteiger partial charge in [-0.25, -0.2) is 0 Å². The van der Waals surface area contributed by atoms with Crippen molar-refractivity contribution in [3.05, 3.63) is 90.0 Å². The van der Waals surface area contributed by atoms with Crippen LogP contribution >= 0.6 is 0 Å². The fourth-order valence-electron chi connectivity index (χ4n) is 2.89. The summed E-state index contributed by atoms with van der Waals surface area (Å²) in [5.41, 5.74) is 2.69. The highest BCUT2D eigenvalue weighted by Crippen LogP contribution is 2.32. The molecule has 0 radical (unpaired) electrons. The Morgan fingerprint density at radius 1 is 0.931 bits per heavy atom. The van der Waals surface area contributed by atoms with Crippen molar-refractivity contribution >= 4 is 17.7 Å².